The zero-order valence-corrected chi connectivity index (χ0v) is 16.4. The monoisotopic (exact) mass is 390 g/mol. The summed E-state index contributed by atoms with van der Waals surface area (Å²) in [6, 6.07) is 8.05. The molecule has 1 spiro atoms. The van der Waals surface area contributed by atoms with Gasteiger partial charge < -0.3 is 14.7 Å². The maximum absolute atomic E-state index is 11.8. The van der Waals surface area contributed by atoms with Crippen LogP contribution in [0.1, 0.15) is 18.4 Å². The molecule has 7 heteroatoms. The first-order valence-electron chi connectivity index (χ1n) is 8.29. The van der Waals surface area contributed by atoms with Gasteiger partial charge in [-0.15, -0.1) is 24.8 Å². The summed E-state index contributed by atoms with van der Waals surface area (Å²) in [6.07, 6.45) is 1.97. The number of piperidine rings is 1. The van der Waals surface area contributed by atoms with E-state index in [-0.39, 0.29) is 36.1 Å². The van der Waals surface area contributed by atoms with Crippen LogP contribution in [0.3, 0.4) is 0 Å². The lowest BCUT2D eigenvalue weighted by molar-refractivity contribution is -0.145. The third kappa shape index (κ3) is 4.79. The summed E-state index contributed by atoms with van der Waals surface area (Å²) in [7, 11) is 3.78. The molecule has 0 bridgehead atoms. The maximum Gasteiger partial charge on any atom is 0.308 e. The average molecular weight is 391 g/mol. The molecule has 2 heterocycles. The lowest BCUT2D eigenvalue weighted by Crippen LogP contribution is -2.44. The molecule has 0 aromatic heterocycles. The van der Waals surface area contributed by atoms with Gasteiger partial charge in [-0.05, 0) is 50.7 Å². The van der Waals surface area contributed by atoms with E-state index < -0.39 is 5.97 Å². The Morgan fingerprint density at radius 3 is 2.36 bits per heavy atom. The fraction of sp³-hybridized carbons (Fsp3) is 0.611. The number of rotatable bonds is 4. The molecule has 25 heavy (non-hydrogen) atoms. The highest BCUT2D eigenvalue weighted by Gasteiger charge is 2.50. The summed E-state index contributed by atoms with van der Waals surface area (Å²) in [4.78, 5) is 16.4. The number of hydrogen-bond acceptors (Lipinski definition) is 4. The van der Waals surface area contributed by atoms with Crippen LogP contribution in [0, 0.1) is 11.3 Å². The van der Waals surface area contributed by atoms with Crippen molar-refractivity contribution >= 4 is 30.8 Å². The highest BCUT2D eigenvalue weighted by molar-refractivity contribution is 5.85. The number of ether oxygens (including phenoxy) is 1. The number of methoxy groups -OCH3 is 1. The van der Waals surface area contributed by atoms with Crippen molar-refractivity contribution < 1.29 is 14.6 Å². The molecular formula is C18H28Cl2N2O3. The second-order valence-electron chi connectivity index (χ2n) is 7.07. The van der Waals surface area contributed by atoms with E-state index in [0.717, 1.165) is 44.8 Å². The number of hydrogen-bond donors (Lipinski definition) is 1. The number of halogens is 2. The van der Waals surface area contributed by atoms with Gasteiger partial charge in [0.05, 0.1) is 13.0 Å². The number of nitrogens with zero attached hydrogens (tertiary/aromatic N) is 2. The Hall–Kier alpha value is -1.01. The summed E-state index contributed by atoms with van der Waals surface area (Å²) in [5.41, 5.74) is 1.16. The summed E-state index contributed by atoms with van der Waals surface area (Å²) in [5.74, 6) is -0.0217. The second kappa shape index (κ2) is 9.08. The predicted octanol–water partition coefficient (Wildman–Crippen LogP) is 2.77. The molecule has 1 aromatic rings. The topological polar surface area (TPSA) is 53.0 Å². The van der Waals surface area contributed by atoms with Crippen molar-refractivity contribution in [2.24, 2.45) is 11.3 Å². The third-order valence-electron chi connectivity index (χ3n) is 5.56. The van der Waals surface area contributed by atoms with Crippen molar-refractivity contribution in [3.63, 3.8) is 0 Å². The van der Waals surface area contributed by atoms with Crippen LogP contribution < -0.4 is 4.74 Å². The Kier molecular flexibility index (Phi) is 8.00. The number of benzene rings is 1. The minimum Gasteiger partial charge on any atom is -0.497 e. The first-order chi connectivity index (χ1) is 11.0. The molecule has 142 valence electrons. The van der Waals surface area contributed by atoms with E-state index in [1.165, 1.54) is 5.56 Å². The Balaban J connectivity index is 0.00000156. The summed E-state index contributed by atoms with van der Waals surface area (Å²) in [6.45, 7) is 4.36. The number of aliphatic carboxylic acids is 1. The van der Waals surface area contributed by atoms with E-state index in [2.05, 4.69) is 29.0 Å². The number of carboxylic acid groups (broad SMARTS) is 1. The molecule has 2 saturated heterocycles. The van der Waals surface area contributed by atoms with Gasteiger partial charge in [-0.25, -0.2) is 0 Å². The Bertz CT molecular complexity index is 560. The van der Waals surface area contributed by atoms with Gasteiger partial charge in [0, 0.05) is 25.0 Å². The van der Waals surface area contributed by atoms with Crippen LogP contribution in [0.5, 0.6) is 5.75 Å². The first kappa shape index (κ1) is 22.0. The van der Waals surface area contributed by atoms with Gasteiger partial charge in [-0.1, -0.05) is 12.1 Å². The quantitative estimate of drug-likeness (QED) is 0.856. The maximum atomic E-state index is 11.8. The van der Waals surface area contributed by atoms with E-state index in [4.69, 9.17) is 4.74 Å². The van der Waals surface area contributed by atoms with Gasteiger partial charge in [-0.2, -0.15) is 0 Å². The Morgan fingerprint density at radius 1 is 1.24 bits per heavy atom. The highest BCUT2D eigenvalue weighted by Crippen LogP contribution is 2.45. The van der Waals surface area contributed by atoms with Crippen LogP contribution in [-0.4, -0.2) is 61.2 Å². The van der Waals surface area contributed by atoms with Crippen LogP contribution in [0.15, 0.2) is 24.3 Å². The fourth-order valence-corrected chi connectivity index (χ4v) is 4.09. The molecule has 0 amide bonds. The third-order valence-corrected chi connectivity index (χ3v) is 5.56. The zero-order chi connectivity index (χ0) is 16.4. The van der Waals surface area contributed by atoms with Crippen molar-refractivity contribution in [3.8, 4) is 5.75 Å². The van der Waals surface area contributed by atoms with E-state index >= 15 is 0 Å². The van der Waals surface area contributed by atoms with Gasteiger partial charge in [0.25, 0.3) is 0 Å². The van der Waals surface area contributed by atoms with Crippen molar-refractivity contribution in [1.29, 1.82) is 0 Å². The molecule has 1 atom stereocenters. The van der Waals surface area contributed by atoms with E-state index in [1.54, 1.807) is 7.11 Å². The largest absolute Gasteiger partial charge is 0.497 e. The molecule has 1 aromatic carbocycles. The molecule has 1 N–H and O–H groups in total. The van der Waals surface area contributed by atoms with Gasteiger partial charge in [0.2, 0.25) is 0 Å². The van der Waals surface area contributed by atoms with Crippen molar-refractivity contribution in [2.45, 2.75) is 19.4 Å². The molecule has 0 radical (unpaired) electrons. The van der Waals surface area contributed by atoms with Crippen LogP contribution >= 0.6 is 24.8 Å². The average Bonchev–Trinajstić information content (AvgIpc) is 2.90. The Morgan fingerprint density at radius 2 is 1.84 bits per heavy atom. The molecule has 5 nitrogen and oxygen atoms in total. The van der Waals surface area contributed by atoms with Crippen LogP contribution in [0.25, 0.3) is 0 Å². The normalized spacial score (nSPS) is 22.9. The smallest absolute Gasteiger partial charge is 0.308 e. The minimum absolute atomic E-state index is 0. The number of likely N-dealkylation sites (tertiary alicyclic amines) is 2. The zero-order valence-electron chi connectivity index (χ0n) is 14.8. The van der Waals surface area contributed by atoms with Gasteiger partial charge in [0.1, 0.15) is 5.75 Å². The Labute approximate surface area is 162 Å². The number of carboxylic acids is 1. The molecule has 0 aliphatic carbocycles. The van der Waals surface area contributed by atoms with Crippen molar-refractivity contribution in [1.82, 2.24) is 9.80 Å². The minimum atomic E-state index is -0.633. The lowest BCUT2D eigenvalue weighted by Gasteiger charge is -2.40. The van der Waals surface area contributed by atoms with Crippen LogP contribution in [0.2, 0.25) is 0 Å². The molecule has 2 aliphatic heterocycles. The van der Waals surface area contributed by atoms with Gasteiger partial charge >= 0.3 is 5.97 Å². The summed E-state index contributed by atoms with van der Waals surface area (Å²) < 4.78 is 5.19. The van der Waals surface area contributed by atoms with Gasteiger partial charge in [0.15, 0.2) is 0 Å². The highest BCUT2D eigenvalue weighted by atomic mass is 35.5. The second-order valence-corrected chi connectivity index (χ2v) is 7.07. The SMILES string of the molecule is COc1ccc(CN2CC(C(=O)O)C3(CCN(C)CC3)C2)cc1.Cl.Cl. The first-order valence-corrected chi connectivity index (χ1v) is 8.29. The van der Waals surface area contributed by atoms with Crippen molar-refractivity contribution in [3.05, 3.63) is 29.8 Å². The molecule has 3 rings (SSSR count). The molecule has 2 aliphatic rings. The predicted molar refractivity (Wildman–Crippen MR) is 103 cm³/mol. The van der Waals surface area contributed by atoms with Crippen molar-refractivity contribution in [2.75, 3.05) is 40.3 Å². The lowest BCUT2D eigenvalue weighted by atomic mass is 9.71. The summed E-state index contributed by atoms with van der Waals surface area (Å²) in [5, 5.41) is 9.69. The van der Waals surface area contributed by atoms with Crippen LogP contribution in [0.4, 0.5) is 0 Å². The van der Waals surface area contributed by atoms with E-state index in [0.29, 0.717) is 6.54 Å². The van der Waals surface area contributed by atoms with E-state index in [9.17, 15) is 9.90 Å². The van der Waals surface area contributed by atoms with Gasteiger partial charge in [-0.3, -0.25) is 9.69 Å². The van der Waals surface area contributed by atoms with E-state index in [1.807, 2.05) is 12.1 Å². The molecular weight excluding hydrogens is 363 g/mol. The number of carbonyl (C=O) groups is 1. The van der Waals surface area contributed by atoms with Crippen LogP contribution in [-0.2, 0) is 11.3 Å². The fourth-order valence-electron chi connectivity index (χ4n) is 4.09. The molecule has 0 saturated carbocycles. The molecule has 1 unspecified atom stereocenters. The standard InChI is InChI=1S/C18H26N2O3.2ClH/c1-19-9-7-18(8-10-19)13-20(12-16(18)17(21)22)11-14-3-5-15(23-2)6-4-14;;/h3-6,16H,7-13H2,1-2H3,(H,21,22);2*1H. The summed E-state index contributed by atoms with van der Waals surface area (Å²) >= 11 is 0. The molecule has 2 fully saturated rings.